The van der Waals surface area contributed by atoms with Gasteiger partial charge in [0, 0.05) is 6.47 Å². The summed E-state index contributed by atoms with van der Waals surface area (Å²) in [4.78, 5) is 8.25. The molecule has 0 atom stereocenters. The predicted molar refractivity (Wildman–Crippen MR) is 31.3 cm³/mol. The first kappa shape index (κ1) is 12.0. The predicted octanol–water partition coefficient (Wildman–Crippen LogP) is -0.150. The van der Waals surface area contributed by atoms with Crippen molar-refractivity contribution in [3.05, 3.63) is 36.4 Å². The molecule has 0 amide bonds. The smallest absolute Gasteiger partial charge is 0.554 e. The Labute approximate surface area is 72.6 Å². The van der Waals surface area contributed by atoms with Crippen LogP contribution in [0, 0.1) is 6.07 Å². The maximum absolute atomic E-state index is 8.25. The number of carbonyl (C=O) groups is 1. The Balaban J connectivity index is 0. The first-order chi connectivity index (χ1) is 4.41. The van der Waals surface area contributed by atoms with Gasteiger partial charge in [-0.1, -0.05) is 0 Å². The molecule has 3 heteroatoms. The first-order valence-electron chi connectivity index (χ1n) is 2.38. The number of rotatable bonds is 0. The van der Waals surface area contributed by atoms with Crippen molar-refractivity contribution in [2.75, 3.05) is 0 Å². The summed E-state index contributed by atoms with van der Waals surface area (Å²) in [6.07, 6.45) is 0. The summed E-state index contributed by atoms with van der Waals surface area (Å²) in [5, 5.41) is 8.25. The number of carbonyl (C=O) groups excluding carboxylic acids is 1. The molecule has 2 nitrogen and oxygen atoms in total. The molecule has 48 valence electrons. The molecular formula is C7H6O2Zn. The fourth-order valence-corrected chi connectivity index (χ4v) is 0.342. The van der Waals surface area contributed by atoms with Crippen LogP contribution in [0.25, 0.3) is 0 Å². The van der Waals surface area contributed by atoms with E-state index in [4.69, 9.17) is 9.90 Å². The van der Waals surface area contributed by atoms with Crippen LogP contribution in [0.4, 0.5) is 0 Å². The van der Waals surface area contributed by atoms with Gasteiger partial charge < -0.3 is 9.90 Å². The molecule has 0 heterocycles. The van der Waals surface area contributed by atoms with Crippen LogP contribution in [0.2, 0.25) is 0 Å². The number of hydrogen-bond acceptors (Lipinski definition) is 2. The van der Waals surface area contributed by atoms with Crippen LogP contribution in [0.5, 0.6) is 0 Å². The van der Waals surface area contributed by atoms with Crippen molar-refractivity contribution in [3.8, 4) is 0 Å². The molecule has 1 aromatic carbocycles. The van der Waals surface area contributed by atoms with Crippen LogP contribution in [-0.4, -0.2) is 6.47 Å². The van der Waals surface area contributed by atoms with Crippen LogP contribution in [0.1, 0.15) is 0 Å². The van der Waals surface area contributed by atoms with Crippen molar-refractivity contribution in [1.82, 2.24) is 0 Å². The Bertz CT molecular complexity index is 115. The molecule has 0 aromatic heterocycles. The standard InChI is InChI=1S/C6H5.CH2O2.Zn/c1-2-4-6-5-3-1;2-1-3;/h1-5H;1H,(H,2,3);/q-1;;+2/p-1. The Morgan fingerprint density at radius 2 is 1.60 bits per heavy atom. The van der Waals surface area contributed by atoms with E-state index in [0.717, 1.165) is 0 Å². The van der Waals surface area contributed by atoms with Crippen molar-refractivity contribution in [1.29, 1.82) is 0 Å². The van der Waals surface area contributed by atoms with E-state index < -0.39 is 6.47 Å². The Kier molecular flexibility index (Phi) is 13.4. The number of benzene rings is 1. The molecule has 0 saturated carbocycles. The summed E-state index contributed by atoms with van der Waals surface area (Å²) in [6.45, 7) is -0.500. The van der Waals surface area contributed by atoms with E-state index in [9.17, 15) is 0 Å². The molecule has 0 aliphatic heterocycles. The van der Waals surface area contributed by atoms with Gasteiger partial charge in [-0.2, -0.15) is 36.4 Å². The average molecular weight is 188 g/mol. The zero-order valence-corrected chi connectivity index (χ0v) is 8.45. The largest absolute Gasteiger partial charge is 2.00 e. The third kappa shape index (κ3) is 10.3. The summed E-state index contributed by atoms with van der Waals surface area (Å²) in [5.41, 5.74) is 0. The maximum atomic E-state index is 8.25. The molecule has 10 heavy (non-hydrogen) atoms. The minimum absolute atomic E-state index is 0. The molecule has 0 saturated heterocycles. The number of carboxylic acid groups (broad SMARTS) is 1. The van der Waals surface area contributed by atoms with Gasteiger partial charge in [0.05, 0.1) is 0 Å². The number of hydrogen-bond donors (Lipinski definition) is 0. The molecule has 0 spiro atoms. The summed E-state index contributed by atoms with van der Waals surface area (Å²) in [7, 11) is 0. The van der Waals surface area contributed by atoms with Crippen LogP contribution in [0.3, 0.4) is 0 Å². The van der Waals surface area contributed by atoms with Gasteiger partial charge in [-0.25, -0.2) is 0 Å². The minimum Gasteiger partial charge on any atom is -0.554 e. The molecule has 0 aliphatic rings. The molecule has 0 fully saturated rings. The molecule has 0 N–H and O–H groups in total. The van der Waals surface area contributed by atoms with Gasteiger partial charge in [0.25, 0.3) is 0 Å². The van der Waals surface area contributed by atoms with E-state index in [1.54, 1.807) is 0 Å². The van der Waals surface area contributed by atoms with E-state index in [2.05, 4.69) is 6.07 Å². The molecule has 1 rings (SSSR count). The van der Waals surface area contributed by atoms with E-state index in [1.165, 1.54) is 0 Å². The van der Waals surface area contributed by atoms with Gasteiger partial charge in [0.15, 0.2) is 0 Å². The zero-order chi connectivity index (χ0) is 6.95. The molecular weight excluding hydrogens is 181 g/mol. The zero-order valence-electron chi connectivity index (χ0n) is 5.49. The van der Waals surface area contributed by atoms with Gasteiger partial charge in [0.2, 0.25) is 0 Å². The summed E-state index contributed by atoms with van der Waals surface area (Å²) in [6, 6.07) is 12.5. The van der Waals surface area contributed by atoms with E-state index >= 15 is 0 Å². The molecule has 0 aliphatic carbocycles. The second-order valence-electron chi connectivity index (χ2n) is 1.17. The van der Waals surface area contributed by atoms with Crippen LogP contribution >= 0.6 is 0 Å². The van der Waals surface area contributed by atoms with Gasteiger partial charge >= 0.3 is 19.5 Å². The van der Waals surface area contributed by atoms with Crippen molar-refractivity contribution >= 4 is 6.47 Å². The monoisotopic (exact) mass is 186 g/mol. The fraction of sp³-hybridized carbons (Fsp3) is 0. The second-order valence-corrected chi connectivity index (χ2v) is 1.17. The molecule has 0 bridgehead atoms. The first-order valence-corrected chi connectivity index (χ1v) is 2.38. The van der Waals surface area contributed by atoms with E-state index in [0.29, 0.717) is 0 Å². The summed E-state index contributed by atoms with van der Waals surface area (Å²) >= 11 is 0. The van der Waals surface area contributed by atoms with Crippen molar-refractivity contribution < 1.29 is 29.4 Å². The van der Waals surface area contributed by atoms with Gasteiger partial charge in [-0.05, 0) is 0 Å². The van der Waals surface area contributed by atoms with E-state index in [-0.39, 0.29) is 19.5 Å². The van der Waals surface area contributed by atoms with Gasteiger partial charge in [-0.3, -0.25) is 0 Å². The van der Waals surface area contributed by atoms with Gasteiger partial charge in [-0.15, -0.1) is 0 Å². The van der Waals surface area contributed by atoms with Crippen LogP contribution in [-0.2, 0) is 24.3 Å². The molecule has 1 aromatic rings. The molecule has 0 unspecified atom stereocenters. The van der Waals surface area contributed by atoms with Crippen LogP contribution in [0.15, 0.2) is 30.3 Å². The summed E-state index contributed by atoms with van der Waals surface area (Å²) < 4.78 is 0. The normalized spacial score (nSPS) is 6.00. The van der Waals surface area contributed by atoms with Gasteiger partial charge in [0.1, 0.15) is 0 Å². The third-order valence-electron chi connectivity index (χ3n) is 0.607. The van der Waals surface area contributed by atoms with Crippen molar-refractivity contribution in [2.45, 2.75) is 0 Å². The Morgan fingerprint density at radius 1 is 1.20 bits per heavy atom. The maximum Gasteiger partial charge on any atom is 2.00 e. The quantitative estimate of drug-likeness (QED) is 0.322. The SMILES string of the molecule is O=C[O-].[Zn+2].[c-]1ccccc1. The summed E-state index contributed by atoms with van der Waals surface area (Å²) in [5.74, 6) is 0. The Morgan fingerprint density at radius 3 is 1.70 bits per heavy atom. The second kappa shape index (κ2) is 11.2. The average Bonchev–Trinajstić information content (AvgIpc) is 1.93. The van der Waals surface area contributed by atoms with Crippen LogP contribution < -0.4 is 5.11 Å². The minimum atomic E-state index is -0.500. The van der Waals surface area contributed by atoms with E-state index in [1.807, 2.05) is 30.3 Å². The Hall–Kier alpha value is -0.687. The third-order valence-corrected chi connectivity index (χ3v) is 0.607. The fourth-order valence-electron chi connectivity index (χ4n) is 0.342. The molecule has 0 radical (unpaired) electrons. The van der Waals surface area contributed by atoms with Crippen molar-refractivity contribution in [3.63, 3.8) is 0 Å². The van der Waals surface area contributed by atoms with Crippen molar-refractivity contribution in [2.24, 2.45) is 0 Å². The topological polar surface area (TPSA) is 40.1 Å².